The molecule has 3 rings (SSSR count). The van der Waals surface area contributed by atoms with E-state index in [0.717, 1.165) is 11.1 Å². The van der Waals surface area contributed by atoms with E-state index in [0.29, 0.717) is 35.7 Å². The predicted molar refractivity (Wildman–Crippen MR) is 115 cm³/mol. The number of hydrogen-bond acceptors (Lipinski definition) is 4. The third-order valence-electron chi connectivity index (χ3n) is 4.59. The SMILES string of the molecule is COc1cccc(C(=O)NCc2ccc(CNC(=O)c3cccc(OC)c3)cc2)c1. The van der Waals surface area contributed by atoms with E-state index in [-0.39, 0.29) is 11.8 Å². The quantitative estimate of drug-likeness (QED) is 0.602. The van der Waals surface area contributed by atoms with Crippen molar-refractivity contribution in [1.82, 2.24) is 10.6 Å². The van der Waals surface area contributed by atoms with Crippen LogP contribution in [0, 0.1) is 0 Å². The van der Waals surface area contributed by atoms with E-state index < -0.39 is 0 Å². The molecule has 3 aromatic carbocycles. The van der Waals surface area contributed by atoms with Crippen LogP contribution in [0.2, 0.25) is 0 Å². The summed E-state index contributed by atoms with van der Waals surface area (Å²) < 4.78 is 10.3. The highest BCUT2D eigenvalue weighted by Gasteiger charge is 2.08. The number of ether oxygens (including phenoxy) is 2. The van der Waals surface area contributed by atoms with Crippen molar-refractivity contribution in [2.45, 2.75) is 13.1 Å². The minimum Gasteiger partial charge on any atom is -0.497 e. The fourth-order valence-electron chi connectivity index (χ4n) is 2.87. The summed E-state index contributed by atoms with van der Waals surface area (Å²) in [5.41, 5.74) is 3.03. The van der Waals surface area contributed by atoms with Gasteiger partial charge in [0.1, 0.15) is 11.5 Å². The lowest BCUT2D eigenvalue weighted by Gasteiger charge is -2.09. The van der Waals surface area contributed by atoms with Crippen molar-refractivity contribution < 1.29 is 19.1 Å². The summed E-state index contributed by atoms with van der Waals surface area (Å²) in [6.45, 7) is 0.818. The molecule has 0 spiro atoms. The van der Waals surface area contributed by atoms with Crippen molar-refractivity contribution in [3.63, 3.8) is 0 Å². The molecule has 0 atom stereocenters. The number of amides is 2. The summed E-state index contributed by atoms with van der Waals surface area (Å²) in [7, 11) is 3.13. The Labute approximate surface area is 175 Å². The van der Waals surface area contributed by atoms with Crippen LogP contribution in [0.4, 0.5) is 0 Å². The van der Waals surface area contributed by atoms with Crippen LogP contribution in [0.25, 0.3) is 0 Å². The minimum absolute atomic E-state index is 0.163. The van der Waals surface area contributed by atoms with Gasteiger partial charge < -0.3 is 20.1 Å². The lowest BCUT2D eigenvalue weighted by Crippen LogP contribution is -2.23. The Bertz CT molecular complexity index is 933. The van der Waals surface area contributed by atoms with Gasteiger partial charge in [0.05, 0.1) is 14.2 Å². The Morgan fingerprint density at radius 2 is 1.07 bits per heavy atom. The predicted octanol–water partition coefficient (Wildman–Crippen LogP) is 3.56. The third kappa shape index (κ3) is 5.61. The van der Waals surface area contributed by atoms with E-state index >= 15 is 0 Å². The van der Waals surface area contributed by atoms with Gasteiger partial charge in [-0.25, -0.2) is 0 Å². The van der Waals surface area contributed by atoms with Crippen LogP contribution in [0.3, 0.4) is 0 Å². The van der Waals surface area contributed by atoms with Gasteiger partial charge in [0, 0.05) is 24.2 Å². The molecule has 0 unspecified atom stereocenters. The molecule has 0 fully saturated rings. The molecule has 0 aromatic heterocycles. The first-order chi connectivity index (χ1) is 14.6. The summed E-state index contributed by atoms with van der Waals surface area (Å²) in [6, 6.07) is 21.7. The fourth-order valence-corrected chi connectivity index (χ4v) is 2.87. The van der Waals surface area contributed by atoms with Gasteiger partial charge in [0.25, 0.3) is 11.8 Å². The van der Waals surface area contributed by atoms with E-state index in [1.807, 2.05) is 24.3 Å². The molecule has 154 valence electrons. The van der Waals surface area contributed by atoms with Gasteiger partial charge in [-0.3, -0.25) is 9.59 Å². The van der Waals surface area contributed by atoms with Gasteiger partial charge in [-0.05, 0) is 47.5 Å². The average molecular weight is 404 g/mol. The maximum absolute atomic E-state index is 12.3. The maximum atomic E-state index is 12.3. The summed E-state index contributed by atoms with van der Waals surface area (Å²) in [5, 5.41) is 5.78. The van der Waals surface area contributed by atoms with Crippen molar-refractivity contribution in [3.8, 4) is 11.5 Å². The number of carbonyl (C=O) groups is 2. The molecular weight excluding hydrogens is 380 g/mol. The van der Waals surface area contributed by atoms with Gasteiger partial charge in [0.2, 0.25) is 0 Å². The Kier molecular flexibility index (Phi) is 7.05. The molecule has 0 aliphatic heterocycles. The van der Waals surface area contributed by atoms with E-state index in [2.05, 4.69) is 10.6 Å². The highest BCUT2D eigenvalue weighted by atomic mass is 16.5. The number of benzene rings is 3. The van der Waals surface area contributed by atoms with Crippen LogP contribution in [-0.2, 0) is 13.1 Å². The molecule has 30 heavy (non-hydrogen) atoms. The van der Waals surface area contributed by atoms with Gasteiger partial charge in [-0.2, -0.15) is 0 Å². The molecule has 0 radical (unpaired) electrons. The van der Waals surface area contributed by atoms with Crippen LogP contribution >= 0.6 is 0 Å². The highest BCUT2D eigenvalue weighted by molar-refractivity contribution is 5.95. The standard InChI is InChI=1S/C24H24N2O4/c1-29-21-7-3-5-19(13-21)23(27)25-15-17-9-11-18(12-10-17)16-26-24(28)20-6-4-8-22(14-20)30-2/h3-14H,15-16H2,1-2H3,(H,25,27)(H,26,28). The van der Waals surface area contributed by atoms with Crippen molar-refractivity contribution in [3.05, 3.63) is 95.1 Å². The van der Waals surface area contributed by atoms with Crippen LogP contribution in [0.5, 0.6) is 11.5 Å². The minimum atomic E-state index is -0.163. The van der Waals surface area contributed by atoms with E-state index in [1.54, 1.807) is 62.8 Å². The van der Waals surface area contributed by atoms with Gasteiger partial charge in [0.15, 0.2) is 0 Å². The highest BCUT2D eigenvalue weighted by Crippen LogP contribution is 2.14. The monoisotopic (exact) mass is 404 g/mol. The molecule has 0 saturated heterocycles. The maximum Gasteiger partial charge on any atom is 0.251 e. The molecule has 2 N–H and O–H groups in total. The Morgan fingerprint density at radius 1 is 0.667 bits per heavy atom. The molecule has 0 bridgehead atoms. The van der Waals surface area contributed by atoms with Crippen LogP contribution in [-0.4, -0.2) is 26.0 Å². The molecule has 0 aliphatic carbocycles. The number of nitrogens with one attached hydrogen (secondary N) is 2. The molecule has 0 heterocycles. The van der Waals surface area contributed by atoms with Gasteiger partial charge in [-0.1, -0.05) is 36.4 Å². The second-order valence-corrected chi connectivity index (χ2v) is 6.65. The van der Waals surface area contributed by atoms with Crippen LogP contribution in [0.1, 0.15) is 31.8 Å². The first-order valence-corrected chi connectivity index (χ1v) is 9.51. The Balaban J connectivity index is 1.50. The summed E-state index contributed by atoms with van der Waals surface area (Å²) >= 11 is 0. The first-order valence-electron chi connectivity index (χ1n) is 9.51. The zero-order valence-corrected chi connectivity index (χ0v) is 17.0. The lowest BCUT2D eigenvalue weighted by molar-refractivity contribution is 0.0942. The number of methoxy groups -OCH3 is 2. The van der Waals surface area contributed by atoms with Crippen molar-refractivity contribution in [2.24, 2.45) is 0 Å². The van der Waals surface area contributed by atoms with Gasteiger partial charge in [-0.15, -0.1) is 0 Å². The second kappa shape index (κ2) is 10.1. The molecule has 0 aliphatic rings. The summed E-state index contributed by atoms with van der Waals surface area (Å²) in [5.74, 6) is 0.957. The summed E-state index contributed by atoms with van der Waals surface area (Å²) in [4.78, 5) is 24.6. The molecule has 2 amide bonds. The van der Waals surface area contributed by atoms with Gasteiger partial charge >= 0.3 is 0 Å². The van der Waals surface area contributed by atoms with Crippen LogP contribution in [0.15, 0.2) is 72.8 Å². The molecular formula is C24H24N2O4. The van der Waals surface area contributed by atoms with Crippen LogP contribution < -0.4 is 20.1 Å². The number of carbonyl (C=O) groups excluding carboxylic acids is 2. The number of rotatable bonds is 8. The third-order valence-corrected chi connectivity index (χ3v) is 4.59. The average Bonchev–Trinajstić information content (AvgIpc) is 2.81. The first kappa shape index (κ1) is 20.9. The smallest absolute Gasteiger partial charge is 0.251 e. The lowest BCUT2D eigenvalue weighted by atomic mass is 10.1. The fraction of sp³-hybridized carbons (Fsp3) is 0.167. The Hall–Kier alpha value is -3.80. The zero-order chi connectivity index (χ0) is 21.3. The zero-order valence-electron chi connectivity index (χ0n) is 17.0. The van der Waals surface area contributed by atoms with Crippen molar-refractivity contribution >= 4 is 11.8 Å². The molecule has 6 nitrogen and oxygen atoms in total. The second-order valence-electron chi connectivity index (χ2n) is 6.65. The molecule has 6 heteroatoms. The largest absolute Gasteiger partial charge is 0.497 e. The van der Waals surface area contributed by atoms with E-state index in [1.165, 1.54) is 0 Å². The molecule has 0 saturated carbocycles. The summed E-state index contributed by atoms with van der Waals surface area (Å²) in [6.07, 6.45) is 0. The Morgan fingerprint density at radius 3 is 1.43 bits per heavy atom. The molecule has 3 aromatic rings. The normalized spacial score (nSPS) is 10.2. The van der Waals surface area contributed by atoms with Crippen molar-refractivity contribution in [1.29, 1.82) is 0 Å². The van der Waals surface area contributed by atoms with E-state index in [9.17, 15) is 9.59 Å². The van der Waals surface area contributed by atoms with Crippen molar-refractivity contribution in [2.75, 3.05) is 14.2 Å². The number of hydrogen-bond donors (Lipinski definition) is 2. The topological polar surface area (TPSA) is 76.7 Å². The van der Waals surface area contributed by atoms with E-state index in [4.69, 9.17) is 9.47 Å².